The van der Waals surface area contributed by atoms with Gasteiger partial charge in [0.05, 0.1) is 12.5 Å². The van der Waals surface area contributed by atoms with Crippen molar-refractivity contribution in [2.75, 3.05) is 19.6 Å². The Morgan fingerprint density at radius 1 is 1.32 bits per heavy atom. The molecule has 2 rings (SSSR count). The minimum Gasteiger partial charge on any atom is -0.480 e. The van der Waals surface area contributed by atoms with Crippen molar-refractivity contribution in [3.05, 3.63) is 35.9 Å². The molecule has 0 saturated carbocycles. The summed E-state index contributed by atoms with van der Waals surface area (Å²) in [6, 6.07) is 8.51. The molecule has 0 spiro atoms. The van der Waals surface area contributed by atoms with E-state index in [0.29, 0.717) is 13.1 Å². The first-order chi connectivity index (χ1) is 10.6. The van der Waals surface area contributed by atoms with Crippen LogP contribution in [0.1, 0.15) is 12.0 Å². The molecule has 1 unspecified atom stereocenters. The largest absolute Gasteiger partial charge is 0.480 e. The van der Waals surface area contributed by atoms with Crippen LogP contribution in [0.5, 0.6) is 0 Å². The molecule has 1 aliphatic rings. The van der Waals surface area contributed by atoms with Gasteiger partial charge in [-0.25, -0.2) is 0 Å². The maximum atomic E-state index is 12.1. The van der Waals surface area contributed by atoms with Gasteiger partial charge >= 0.3 is 11.9 Å². The number of carboxylic acid groups (broad SMARTS) is 1. The Kier molecular flexibility index (Phi) is 5.48. The summed E-state index contributed by atoms with van der Waals surface area (Å²) in [6.07, 6.45) is -0.109. The highest BCUT2D eigenvalue weighted by Crippen LogP contribution is 2.08. The normalized spacial score (nSPS) is 18.1. The summed E-state index contributed by atoms with van der Waals surface area (Å²) in [5.74, 6) is -1.95. The van der Waals surface area contributed by atoms with Crippen LogP contribution in [0.25, 0.3) is 0 Å². The maximum absolute atomic E-state index is 12.1. The number of nitrogens with zero attached hydrogens (tertiary/aromatic N) is 1. The zero-order valence-electron chi connectivity index (χ0n) is 12.0. The van der Waals surface area contributed by atoms with Crippen molar-refractivity contribution in [2.24, 2.45) is 0 Å². The van der Waals surface area contributed by atoms with Crippen molar-refractivity contribution in [3.63, 3.8) is 0 Å². The Morgan fingerprint density at radius 2 is 2.05 bits per heavy atom. The van der Waals surface area contributed by atoms with Crippen molar-refractivity contribution >= 4 is 17.8 Å². The fraction of sp³-hybridized carbons (Fsp3) is 0.400. The number of carboxylic acids is 1. The maximum Gasteiger partial charge on any atom is 0.323 e. The number of rotatable bonds is 6. The van der Waals surface area contributed by atoms with Crippen LogP contribution in [0.2, 0.25) is 0 Å². The van der Waals surface area contributed by atoms with E-state index in [0.717, 1.165) is 5.56 Å². The lowest BCUT2D eigenvalue weighted by molar-refractivity contribution is -0.151. The van der Waals surface area contributed by atoms with Gasteiger partial charge in [0.1, 0.15) is 13.2 Å². The third kappa shape index (κ3) is 4.56. The second-order valence-electron chi connectivity index (χ2n) is 5.01. The van der Waals surface area contributed by atoms with E-state index < -0.39 is 18.0 Å². The summed E-state index contributed by atoms with van der Waals surface area (Å²) in [5.41, 5.74) is 0.867. The van der Waals surface area contributed by atoms with Gasteiger partial charge in [0.2, 0.25) is 5.91 Å². The van der Waals surface area contributed by atoms with Crippen molar-refractivity contribution in [1.82, 2.24) is 10.2 Å². The molecule has 1 fully saturated rings. The molecule has 0 aromatic heterocycles. The lowest BCUT2D eigenvalue weighted by atomic mass is 10.1. The number of benzene rings is 1. The summed E-state index contributed by atoms with van der Waals surface area (Å²) in [7, 11) is 0. The zero-order valence-corrected chi connectivity index (χ0v) is 12.0. The van der Waals surface area contributed by atoms with E-state index in [4.69, 9.17) is 9.84 Å². The molecule has 0 aliphatic carbocycles. The molecule has 7 heteroatoms. The summed E-state index contributed by atoms with van der Waals surface area (Å²) in [6.45, 7) is 0.575. The Balaban J connectivity index is 1.82. The van der Waals surface area contributed by atoms with Crippen LogP contribution in [0.4, 0.5) is 0 Å². The van der Waals surface area contributed by atoms with E-state index in [-0.39, 0.29) is 25.5 Å². The summed E-state index contributed by atoms with van der Waals surface area (Å²) in [5, 5.41) is 11.7. The third-order valence-electron chi connectivity index (χ3n) is 3.32. The van der Waals surface area contributed by atoms with Crippen molar-refractivity contribution in [3.8, 4) is 0 Å². The van der Waals surface area contributed by atoms with Gasteiger partial charge in [-0.1, -0.05) is 30.3 Å². The highest BCUT2D eigenvalue weighted by molar-refractivity contribution is 5.89. The summed E-state index contributed by atoms with van der Waals surface area (Å²) >= 11 is 0. The second kappa shape index (κ2) is 7.56. The van der Waals surface area contributed by atoms with Gasteiger partial charge < -0.3 is 20.1 Å². The Labute approximate surface area is 127 Å². The van der Waals surface area contributed by atoms with E-state index in [2.05, 4.69) is 5.32 Å². The van der Waals surface area contributed by atoms with Gasteiger partial charge in [-0.15, -0.1) is 0 Å². The average Bonchev–Trinajstić information content (AvgIpc) is 2.50. The molecule has 1 aliphatic heterocycles. The third-order valence-corrected chi connectivity index (χ3v) is 3.32. The van der Waals surface area contributed by atoms with E-state index in [1.165, 1.54) is 4.90 Å². The SMILES string of the molecule is O=C(O)CN1CCNC(CC(=O)OCc2ccccc2)C1=O. The molecule has 1 aromatic rings. The van der Waals surface area contributed by atoms with E-state index in [1.807, 2.05) is 30.3 Å². The van der Waals surface area contributed by atoms with Gasteiger partial charge in [0, 0.05) is 13.1 Å². The lowest BCUT2D eigenvalue weighted by Gasteiger charge is -2.31. The fourth-order valence-corrected chi connectivity index (χ4v) is 2.24. The predicted octanol–water partition coefficient (Wildman–Crippen LogP) is 0.00490. The van der Waals surface area contributed by atoms with Crippen LogP contribution in [-0.2, 0) is 25.7 Å². The van der Waals surface area contributed by atoms with E-state index in [1.54, 1.807) is 0 Å². The van der Waals surface area contributed by atoms with Crippen LogP contribution in [-0.4, -0.2) is 53.5 Å². The molecule has 1 atom stereocenters. The van der Waals surface area contributed by atoms with Crippen LogP contribution >= 0.6 is 0 Å². The van der Waals surface area contributed by atoms with Crippen LogP contribution in [0, 0.1) is 0 Å². The molecule has 118 valence electrons. The van der Waals surface area contributed by atoms with Gasteiger partial charge in [-0.05, 0) is 5.56 Å². The van der Waals surface area contributed by atoms with Gasteiger partial charge in [-0.3, -0.25) is 14.4 Å². The smallest absolute Gasteiger partial charge is 0.323 e. The minimum atomic E-state index is -1.07. The number of hydrogen-bond acceptors (Lipinski definition) is 5. The Bertz CT molecular complexity index is 546. The standard InChI is InChI=1S/C15H18N2O5/c18-13(19)9-17-7-6-16-12(15(17)21)8-14(20)22-10-11-4-2-1-3-5-11/h1-5,12,16H,6-10H2,(H,18,19). The van der Waals surface area contributed by atoms with Gasteiger partial charge in [0.15, 0.2) is 0 Å². The Morgan fingerprint density at radius 3 is 2.73 bits per heavy atom. The molecular formula is C15H18N2O5. The number of esters is 1. The van der Waals surface area contributed by atoms with Crippen LogP contribution in [0.15, 0.2) is 30.3 Å². The quantitative estimate of drug-likeness (QED) is 0.719. The molecule has 1 amide bonds. The zero-order chi connectivity index (χ0) is 15.9. The molecule has 0 radical (unpaired) electrons. The molecule has 22 heavy (non-hydrogen) atoms. The van der Waals surface area contributed by atoms with Crippen LogP contribution < -0.4 is 5.32 Å². The van der Waals surface area contributed by atoms with E-state index in [9.17, 15) is 14.4 Å². The topological polar surface area (TPSA) is 95.9 Å². The van der Waals surface area contributed by atoms with Crippen molar-refractivity contribution in [2.45, 2.75) is 19.1 Å². The van der Waals surface area contributed by atoms with Crippen molar-refractivity contribution < 1.29 is 24.2 Å². The van der Waals surface area contributed by atoms with Crippen LogP contribution in [0.3, 0.4) is 0 Å². The van der Waals surface area contributed by atoms with Gasteiger partial charge in [-0.2, -0.15) is 0 Å². The Hall–Kier alpha value is -2.41. The first kappa shape index (κ1) is 16.0. The van der Waals surface area contributed by atoms with E-state index >= 15 is 0 Å². The molecule has 1 aromatic carbocycles. The average molecular weight is 306 g/mol. The number of ether oxygens (including phenoxy) is 1. The second-order valence-corrected chi connectivity index (χ2v) is 5.01. The van der Waals surface area contributed by atoms with Crippen molar-refractivity contribution in [1.29, 1.82) is 0 Å². The first-order valence-corrected chi connectivity index (χ1v) is 7.00. The first-order valence-electron chi connectivity index (χ1n) is 7.00. The number of aliphatic carboxylic acids is 1. The number of nitrogens with one attached hydrogen (secondary N) is 1. The molecule has 0 bridgehead atoms. The fourth-order valence-electron chi connectivity index (χ4n) is 2.24. The van der Waals surface area contributed by atoms with Gasteiger partial charge in [0.25, 0.3) is 0 Å². The molecule has 1 saturated heterocycles. The highest BCUT2D eigenvalue weighted by atomic mass is 16.5. The number of amides is 1. The monoisotopic (exact) mass is 306 g/mol. The molecule has 2 N–H and O–H groups in total. The molecular weight excluding hydrogens is 288 g/mol. The summed E-state index contributed by atoms with van der Waals surface area (Å²) < 4.78 is 5.13. The summed E-state index contributed by atoms with van der Waals surface area (Å²) in [4.78, 5) is 35.8. The minimum absolute atomic E-state index is 0.109. The highest BCUT2D eigenvalue weighted by Gasteiger charge is 2.31. The number of carbonyl (C=O) groups is 3. The molecule has 7 nitrogen and oxygen atoms in total. The number of hydrogen-bond donors (Lipinski definition) is 2. The predicted molar refractivity (Wildman–Crippen MR) is 76.9 cm³/mol. The number of carbonyl (C=O) groups excluding carboxylic acids is 2. The lowest BCUT2D eigenvalue weighted by Crippen LogP contribution is -2.56. The molecule has 1 heterocycles. The number of piperazine rings is 1.